The lowest BCUT2D eigenvalue weighted by Gasteiger charge is -2.50. The zero-order valence-electron chi connectivity index (χ0n) is 23.3. The van der Waals surface area contributed by atoms with Crippen LogP contribution in [0.3, 0.4) is 0 Å². The Kier molecular flexibility index (Phi) is 5.85. The van der Waals surface area contributed by atoms with Crippen molar-refractivity contribution in [2.24, 2.45) is 0 Å². The smallest absolute Gasteiger partial charge is 0.345 e. The van der Waals surface area contributed by atoms with Crippen LogP contribution < -0.4 is 14.4 Å². The highest BCUT2D eigenvalue weighted by atomic mass is 32.2. The van der Waals surface area contributed by atoms with Gasteiger partial charge >= 0.3 is 7.12 Å². The molecule has 9 rings (SSSR count). The zero-order valence-corrected chi connectivity index (χ0v) is 24.9. The number of para-hydroxylation sites is 6. The normalized spacial score (nSPS) is 14.1. The van der Waals surface area contributed by atoms with Crippen molar-refractivity contribution < 1.29 is 0 Å². The Labute approximate surface area is 260 Å². The van der Waals surface area contributed by atoms with Crippen LogP contribution in [0.25, 0.3) is 0 Å². The van der Waals surface area contributed by atoms with Crippen molar-refractivity contribution in [3.05, 3.63) is 157 Å². The van der Waals surface area contributed by atoms with Gasteiger partial charge in [0.25, 0.3) is 0 Å². The second-order valence-electron chi connectivity index (χ2n) is 11.0. The van der Waals surface area contributed by atoms with E-state index in [4.69, 9.17) is 0 Å². The van der Waals surface area contributed by atoms with E-state index in [2.05, 4.69) is 160 Å². The number of anilines is 6. The first kappa shape index (κ1) is 25.0. The van der Waals surface area contributed by atoms with E-state index in [-0.39, 0.29) is 7.12 Å². The lowest BCUT2D eigenvalue weighted by molar-refractivity contribution is 1.07. The highest BCUT2D eigenvalue weighted by Gasteiger charge is 2.48. The molecule has 0 fully saturated rings. The predicted octanol–water partition coefficient (Wildman–Crippen LogP) is 10.3. The molecule has 3 aliphatic rings. The van der Waals surface area contributed by atoms with Gasteiger partial charge in [-0.3, -0.25) is 0 Å². The van der Waals surface area contributed by atoms with Gasteiger partial charge in [-0.25, -0.2) is 0 Å². The Morgan fingerprint density at radius 3 is 1.00 bits per heavy atom. The molecule has 0 saturated carbocycles. The van der Waals surface area contributed by atoms with Gasteiger partial charge in [-0.15, -0.1) is 0 Å². The average Bonchev–Trinajstić information content (AvgIpc) is 3.07. The van der Waals surface area contributed by atoms with E-state index in [1.165, 1.54) is 64.8 Å². The topological polar surface area (TPSA) is 9.72 Å². The van der Waals surface area contributed by atoms with E-state index in [1.807, 2.05) is 23.5 Å². The molecule has 0 unspecified atom stereocenters. The van der Waals surface area contributed by atoms with E-state index in [1.54, 1.807) is 0 Å². The van der Waals surface area contributed by atoms with E-state index >= 15 is 0 Å². The van der Waals surface area contributed by atoms with Gasteiger partial charge in [0, 0.05) is 60.1 Å². The maximum absolute atomic E-state index is 2.58. The van der Waals surface area contributed by atoms with E-state index in [0.717, 1.165) is 6.42 Å². The van der Waals surface area contributed by atoms with Crippen molar-refractivity contribution >= 4 is 64.8 Å². The largest absolute Gasteiger partial charge is 0.519 e. The van der Waals surface area contributed by atoms with Gasteiger partial charge in [-0.05, 0) is 71.8 Å². The third-order valence-corrected chi connectivity index (χ3v) is 10.8. The summed E-state index contributed by atoms with van der Waals surface area (Å²) in [5, 5.41) is 0. The summed E-state index contributed by atoms with van der Waals surface area (Å²) in [5.74, 6) is 0. The second kappa shape index (κ2) is 10.0. The Balaban J connectivity index is 1.40. The van der Waals surface area contributed by atoms with Crippen molar-refractivity contribution in [3.8, 4) is 0 Å². The van der Waals surface area contributed by atoms with Gasteiger partial charge < -0.3 is 14.4 Å². The Hall–Kier alpha value is -4.52. The number of hydrogen-bond donors (Lipinski definition) is 0. The van der Waals surface area contributed by atoms with Crippen molar-refractivity contribution in [2.75, 3.05) is 14.4 Å². The summed E-state index contributed by atoms with van der Waals surface area (Å²) < 4.78 is 0. The fourth-order valence-electron chi connectivity index (χ4n) is 6.68. The maximum Gasteiger partial charge on any atom is 0.519 e. The summed E-state index contributed by atoms with van der Waals surface area (Å²) in [6.07, 6.45) is 0.918. The molecule has 6 heteroatoms. The molecule has 0 atom stereocenters. The van der Waals surface area contributed by atoms with Crippen LogP contribution >= 0.6 is 23.5 Å². The van der Waals surface area contributed by atoms with Crippen LogP contribution in [0.5, 0.6) is 0 Å². The van der Waals surface area contributed by atoms with Crippen LogP contribution in [0.1, 0.15) is 11.1 Å². The molecular formula is C37H26BN3S2. The summed E-state index contributed by atoms with van der Waals surface area (Å²) in [4.78, 5) is 12.8. The highest BCUT2D eigenvalue weighted by molar-refractivity contribution is 8.00. The van der Waals surface area contributed by atoms with Crippen LogP contribution in [-0.2, 0) is 6.42 Å². The minimum Gasteiger partial charge on any atom is -0.345 e. The monoisotopic (exact) mass is 587 g/mol. The maximum atomic E-state index is 2.58. The predicted molar refractivity (Wildman–Crippen MR) is 182 cm³/mol. The summed E-state index contributed by atoms with van der Waals surface area (Å²) >= 11 is 3.71. The molecule has 6 aromatic carbocycles. The number of hydrogen-bond acceptors (Lipinski definition) is 5. The molecule has 0 saturated heterocycles. The van der Waals surface area contributed by atoms with E-state index in [0.29, 0.717) is 0 Å². The zero-order chi connectivity index (χ0) is 28.3. The van der Waals surface area contributed by atoms with Crippen molar-refractivity contribution in [2.45, 2.75) is 26.0 Å². The van der Waals surface area contributed by atoms with E-state index in [9.17, 15) is 0 Å². The van der Waals surface area contributed by atoms with Gasteiger partial charge in [0.1, 0.15) is 0 Å². The Morgan fingerprint density at radius 2 is 0.628 bits per heavy atom. The van der Waals surface area contributed by atoms with Crippen LogP contribution in [0.15, 0.2) is 165 Å². The molecule has 0 radical (unpaired) electrons. The lowest BCUT2D eigenvalue weighted by atomic mass is 9.75. The minimum atomic E-state index is -0.242. The summed E-state index contributed by atoms with van der Waals surface area (Å²) in [5.41, 5.74) is 10.0. The van der Waals surface area contributed by atoms with Gasteiger partial charge in [0.2, 0.25) is 0 Å². The molecule has 43 heavy (non-hydrogen) atoms. The molecule has 204 valence electrons. The molecule has 0 amide bonds. The van der Waals surface area contributed by atoms with Crippen LogP contribution in [0, 0.1) is 0 Å². The average molecular weight is 588 g/mol. The molecule has 3 heterocycles. The van der Waals surface area contributed by atoms with Crippen LogP contribution in [0.4, 0.5) is 34.1 Å². The minimum absolute atomic E-state index is 0.242. The Morgan fingerprint density at radius 1 is 0.349 bits per heavy atom. The SMILES string of the molecule is c1ccc2c(c1)Cc1ccccc1N2B(N1c2ccccc2Sc2ccccc21)N1c2ccccc2Sc2ccccc21. The standard InChI is InChI=1S/C37H26BN3S2/c1-3-15-28-26(13-1)25-27-14-2-4-16-29(27)39(28)38(40-30-17-5-9-21-34(30)42-35-22-10-6-18-31(35)40)41-32-19-7-11-23-36(32)43-37-24-12-8-20-33(37)41/h1-24H,25H2. The molecule has 0 spiro atoms. The second-order valence-corrected chi connectivity index (χ2v) is 13.1. The first-order chi connectivity index (χ1) is 21.3. The fraction of sp³-hybridized carbons (Fsp3) is 0.0270. The van der Waals surface area contributed by atoms with Gasteiger partial charge in [0.15, 0.2) is 0 Å². The van der Waals surface area contributed by atoms with Crippen molar-refractivity contribution in [1.29, 1.82) is 0 Å². The third-order valence-electron chi connectivity index (χ3n) is 8.52. The molecular weight excluding hydrogens is 561 g/mol. The lowest BCUT2D eigenvalue weighted by Crippen LogP contribution is -2.61. The molecule has 0 aliphatic carbocycles. The summed E-state index contributed by atoms with van der Waals surface area (Å²) in [6, 6.07) is 53.3. The Bertz CT molecular complexity index is 1660. The van der Waals surface area contributed by atoms with Gasteiger partial charge in [-0.2, -0.15) is 0 Å². The van der Waals surface area contributed by atoms with Crippen molar-refractivity contribution in [1.82, 2.24) is 0 Å². The van der Waals surface area contributed by atoms with Gasteiger partial charge in [-0.1, -0.05) is 108 Å². The first-order valence-corrected chi connectivity index (χ1v) is 16.2. The number of benzene rings is 6. The quantitative estimate of drug-likeness (QED) is 0.190. The van der Waals surface area contributed by atoms with E-state index < -0.39 is 0 Å². The van der Waals surface area contributed by atoms with Crippen LogP contribution in [-0.4, -0.2) is 7.12 Å². The van der Waals surface area contributed by atoms with Crippen LogP contribution in [0.2, 0.25) is 0 Å². The molecule has 3 nitrogen and oxygen atoms in total. The molecule has 0 aromatic heterocycles. The summed E-state index contributed by atoms with van der Waals surface area (Å²) in [7, 11) is -0.242. The summed E-state index contributed by atoms with van der Waals surface area (Å²) in [6.45, 7) is 0. The van der Waals surface area contributed by atoms with Gasteiger partial charge in [0.05, 0.1) is 0 Å². The number of nitrogens with zero attached hydrogens (tertiary/aromatic N) is 3. The fourth-order valence-corrected chi connectivity index (χ4v) is 8.83. The molecule has 0 bridgehead atoms. The molecule has 6 aromatic rings. The number of rotatable bonds is 3. The third kappa shape index (κ3) is 3.94. The highest BCUT2D eigenvalue weighted by Crippen LogP contribution is 2.55. The molecule has 0 N–H and O–H groups in total. The first-order valence-electron chi connectivity index (χ1n) is 14.6. The number of fused-ring (bicyclic) bond motifs is 6. The van der Waals surface area contributed by atoms with Crippen molar-refractivity contribution in [3.63, 3.8) is 0 Å². The molecule has 3 aliphatic heterocycles.